The first-order valence-electron chi connectivity index (χ1n) is 4.94. The molecule has 1 aliphatic heterocycles. The van der Waals surface area contributed by atoms with E-state index in [0.29, 0.717) is 17.5 Å². The molecule has 5 heteroatoms. The standard InChI is InChI=1S/C11H9ClN4/c12-10-9-11(15-6-14-10)16-8-4-2-1-3-7(8)5-13-9/h1-4,6,13H,5H2,(H,14,15,16). The van der Waals surface area contributed by atoms with E-state index in [1.54, 1.807) is 0 Å². The monoisotopic (exact) mass is 232 g/mol. The lowest BCUT2D eigenvalue weighted by atomic mass is 10.2. The zero-order valence-electron chi connectivity index (χ0n) is 8.37. The molecule has 0 amide bonds. The molecule has 2 N–H and O–H groups in total. The first-order chi connectivity index (χ1) is 7.84. The van der Waals surface area contributed by atoms with Gasteiger partial charge in [-0.3, -0.25) is 0 Å². The summed E-state index contributed by atoms with van der Waals surface area (Å²) in [7, 11) is 0. The number of halogens is 1. The summed E-state index contributed by atoms with van der Waals surface area (Å²) in [5.41, 5.74) is 2.97. The molecule has 0 bridgehead atoms. The predicted octanol–water partition coefficient (Wildman–Crippen LogP) is 2.80. The molecule has 16 heavy (non-hydrogen) atoms. The van der Waals surface area contributed by atoms with Crippen molar-refractivity contribution >= 4 is 28.8 Å². The van der Waals surface area contributed by atoms with Crippen LogP contribution in [0.25, 0.3) is 0 Å². The topological polar surface area (TPSA) is 49.8 Å². The Balaban J connectivity index is 2.12. The highest BCUT2D eigenvalue weighted by Gasteiger charge is 2.15. The second kappa shape index (κ2) is 3.64. The minimum Gasteiger partial charge on any atom is -0.375 e. The zero-order chi connectivity index (χ0) is 11.0. The number of para-hydroxylation sites is 1. The fraction of sp³-hybridized carbons (Fsp3) is 0.0909. The van der Waals surface area contributed by atoms with E-state index >= 15 is 0 Å². The van der Waals surface area contributed by atoms with Gasteiger partial charge in [-0.2, -0.15) is 0 Å². The van der Waals surface area contributed by atoms with Crippen LogP contribution in [-0.4, -0.2) is 9.97 Å². The lowest BCUT2D eigenvalue weighted by Gasteiger charge is -2.07. The highest BCUT2D eigenvalue weighted by molar-refractivity contribution is 6.32. The van der Waals surface area contributed by atoms with Gasteiger partial charge in [0.05, 0.1) is 0 Å². The summed E-state index contributed by atoms with van der Waals surface area (Å²) in [4.78, 5) is 8.12. The van der Waals surface area contributed by atoms with Crippen molar-refractivity contribution < 1.29 is 0 Å². The Hall–Kier alpha value is -1.81. The Morgan fingerprint density at radius 3 is 3.00 bits per heavy atom. The number of aromatic nitrogens is 2. The number of rotatable bonds is 0. The molecule has 2 heterocycles. The highest BCUT2D eigenvalue weighted by atomic mass is 35.5. The molecule has 0 spiro atoms. The summed E-state index contributed by atoms with van der Waals surface area (Å²) in [6.45, 7) is 0.712. The summed E-state index contributed by atoms with van der Waals surface area (Å²) < 4.78 is 0. The molecule has 3 rings (SSSR count). The number of fused-ring (bicyclic) bond motifs is 2. The van der Waals surface area contributed by atoms with Crippen molar-refractivity contribution in [1.82, 2.24) is 9.97 Å². The third kappa shape index (κ3) is 1.47. The van der Waals surface area contributed by atoms with Crippen molar-refractivity contribution in [2.45, 2.75) is 6.54 Å². The van der Waals surface area contributed by atoms with Gasteiger partial charge in [0.15, 0.2) is 11.0 Å². The quantitative estimate of drug-likeness (QED) is 0.686. The lowest BCUT2D eigenvalue weighted by Crippen LogP contribution is -1.99. The van der Waals surface area contributed by atoms with E-state index < -0.39 is 0 Å². The van der Waals surface area contributed by atoms with Crippen LogP contribution in [0.4, 0.5) is 17.2 Å². The average molecular weight is 233 g/mol. The van der Waals surface area contributed by atoms with E-state index in [4.69, 9.17) is 11.6 Å². The molecule has 1 aromatic carbocycles. The molecule has 4 nitrogen and oxygen atoms in total. The minimum atomic E-state index is 0.435. The van der Waals surface area contributed by atoms with Crippen molar-refractivity contribution in [3.8, 4) is 0 Å². The maximum atomic E-state index is 6.00. The molecule has 1 aliphatic rings. The van der Waals surface area contributed by atoms with Gasteiger partial charge >= 0.3 is 0 Å². The van der Waals surface area contributed by atoms with Gasteiger partial charge in [-0.15, -0.1) is 0 Å². The third-order valence-corrected chi connectivity index (χ3v) is 2.81. The Kier molecular flexibility index (Phi) is 2.15. The third-order valence-electron chi connectivity index (χ3n) is 2.53. The van der Waals surface area contributed by atoms with Crippen molar-refractivity contribution in [1.29, 1.82) is 0 Å². The summed E-state index contributed by atoms with van der Waals surface area (Å²) in [5, 5.41) is 6.91. The molecule has 0 atom stereocenters. The van der Waals surface area contributed by atoms with Crippen molar-refractivity contribution in [2.24, 2.45) is 0 Å². The van der Waals surface area contributed by atoms with E-state index in [1.807, 2.05) is 18.2 Å². The fourth-order valence-corrected chi connectivity index (χ4v) is 1.92. The molecule has 0 aliphatic carbocycles. The lowest BCUT2D eigenvalue weighted by molar-refractivity contribution is 1.13. The van der Waals surface area contributed by atoms with E-state index in [9.17, 15) is 0 Å². The molecular weight excluding hydrogens is 224 g/mol. The number of nitrogens with zero attached hydrogens (tertiary/aromatic N) is 2. The maximum absolute atomic E-state index is 6.00. The summed E-state index contributed by atoms with van der Waals surface area (Å²) in [5.74, 6) is 0.713. The average Bonchev–Trinajstić information content (AvgIpc) is 2.48. The molecule has 0 saturated heterocycles. The number of hydrogen-bond acceptors (Lipinski definition) is 4. The maximum Gasteiger partial charge on any atom is 0.158 e. The van der Waals surface area contributed by atoms with Crippen LogP contribution < -0.4 is 10.6 Å². The number of anilines is 3. The number of benzene rings is 1. The van der Waals surface area contributed by atoms with Crippen LogP contribution in [0.5, 0.6) is 0 Å². The fourth-order valence-electron chi connectivity index (χ4n) is 1.72. The van der Waals surface area contributed by atoms with Crippen molar-refractivity contribution in [3.05, 3.63) is 41.3 Å². The Morgan fingerprint density at radius 2 is 2.06 bits per heavy atom. The van der Waals surface area contributed by atoms with Crippen LogP contribution in [0, 0.1) is 0 Å². The Bertz CT molecular complexity index is 541. The Labute approximate surface area is 97.7 Å². The predicted molar refractivity (Wildman–Crippen MR) is 64.1 cm³/mol. The molecular formula is C11H9ClN4. The first kappa shape index (κ1) is 9.42. The summed E-state index contributed by atoms with van der Waals surface area (Å²) in [6.07, 6.45) is 1.45. The van der Waals surface area contributed by atoms with Gasteiger partial charge in [0.1, 0.15) is 12.0 Å². The zero-order valence-corrected chi connectivity index (χ0v) is 9.12. The molecule has 0 unspecified atom stereocenters. The SMILES string of the molecule is Clc1ncnc2c1NCc1ccccc1N2. The largest absolute Gasteiger partial charge is 0.375 e. The highest BCUT2D eigenvalue weighted by Crippen LogP contribution is 2.33. The van der Waals surface area contributed by atoms with Gasteiger partial charge in [-0.25, -0.2) is 9.97 Å². The van der Waals surface area contributed by atoms with Gasteiger partial charge in [-0.1, -0.05) is 29.8 Å². The second-order valence-corrected chi connectivity index (χ2v) is 3.88. The van der Waals surface area contributed by atoms with Gasteiger partial charge in [0.25, 0.3) is 0 Å². The number of hydrogen-bond donors (Lipinski definition) is 2. The van der Waals surface area contributed by atoms with Gasteiger partial charge in [0, 0.05) is 12.2 Å². The number of nitrogens with one attached hydrogen (secondary N) is 2. The summed E-state index contributed by atoms with van der Waals surface area (Å²) >= 11 is 6.00. The van der Waals surface area contributed by atoms with Gasteiger partial charge in [0.2, 0.25) is 0 Å². The first-order valence-corrected chi connectivity index (χ1v) is 5.32. The summed E-state index contributed by atoms with van der Waals surface area (Å²) in [6, 6.07) is 8.07. The normalized spacial score (nSPS) is 12.8. The molecule has 80 valence electrons. The molecule has 0 radical (unpaired) electrons. The Morgan fingerprint density at radius 1 is 1.19 bits per heavy atom. The van der Waals surface area contributed by atoms with E-state index in [1.165, 1.54) is 11.9 Å². The van der Waals surface area contributed by atoms with Crippen LogP contribution in [-0.2, 0) is 6.54 Å². The van der Waals surface area contributed by atoms with E-state index in [2.05, 4.69) is 26.7 Å². The van der Waals surface area contributed by atoms with E-state index in [-0.39, 0.29) is 0 Å². The van der Waals surface area contributed by atoms with Crippen LogP contribution in [0.3, 0.4) is 0 Å². The van der Waals surface area contributed by atoms with Crippen LogP contribution in [0.2, 0.25) is 5.15 Å². The van der Waals surface area contributed by atoms with Crippen LogP contribution in [0.15, 0.2) is 30.6 Å². The van der Waals surface area contributed by atoms with Crippen molar-refractivity contribution in [3.63, 3.8) is 0 Å². The second-order valence-electron chi connectivity index (χ2n) is 3.52. The van der Waals surface area contributed by atoms with Crippen molar-refractivity contribution in [2.75, 3.05) is 10.6 Å². The smallest absolute Gasteiger partial charge is 0.158 e. The molecule has 2 aromatic rings. The van der Waals surface area contributed by atoms with Gasteiger partial charge in [-0.05, 0) is 11.6 Å². The van der Waals surface area contributed by atoms with E-state index in [0.717, 1.165) is 11.4 Å². The molecule has 0 saturated carbocycles. The van der Waals surface area contributed by atoms with Crippen LogP contribution >= 0.6 is 11.6 Å². The molecule has 0 fully saturated rings. The van der Waals surface area contributed by atoms with Gasteiger partial charge < -0.3 is 10.6 Å². The molecule has 1 aromatic heterocycles. The van der Waals surface area contributed by atoms with Crippen LogP contribution in [0.1, 0.15) is 5.56 Å². The minimum absolute atomic E-state index is 0.435.